The highest BCUT2D eigenvalue weighted by Gasteiger charge is 2.33. The van der Waals surface area contributed by atoms with Gasteiger partial charge in [-0.1, -0.05) is 29.8 Å². The van der Waals surface area contributed by atoms with Crippen molar-refractivity contribution in [2.45, 2.75) is 19.9 Å². The summed E-state index contributed by atoms with van der Waals surface area (Å²) in [5, 5.41) is 10.5. The van der Waals surface area contributed by atoms with Crippen molar-refractivity contribution < 1.29 is 14.3 Å². The van der Waals surface area contributed by atoms with Gasteiger partial charge in [0.2, 0.25) is 5.95 Å². The lowest BCUT2D eigenvalue weighted by Crippen LogP contribution is -2.31. The molecule has 0 saturated heterocycles. The molecule has 8 nitrogen and oxygen atoms in total. The summed E-state index contributed by atoms with van der Waals surface area (Å²) < 4.78 is 12.4. The van der Waals surface area contributed by atoms with E-state index in [2.05, 4.69) is 20.7 Å². The number of hydrogen-bond acceptors (Lipinski definition) is 6. The number of fused-ring (bicyclic) bond motifs is 1. The first-order valence-electron chi connectivity index (χ1n) is 9.49. The molecule has 2 aromatic carbocycles. The molecule has 0 unspecified atom stereocenters. The van der Waals surface area contributed by atoms with Gasteiger partial charge in [-0.3, -0.25) is 4.79 Å². The maximum absolute atomic E-state index is 13.5. The van der Waals surface area contributed by atoms with E-state index in [1.54, 1.807) is 37.1 Å². The minimum atomic E-state index is -0.416. The van der Waals surface area contributed by atoms with Gasteiger partial charge in [-0.15, -0.1) is 0 Å². The fourth-order valence-electron chi connectivity index (χ4n) is 3.54. The zero-order chi connectivity index (χ0) is 21.3. The summed E-state index contributed by atoms with van der Waals surface area (Å²) in [6, 6.07) is 12.9. The number of aryl methyl sites for hydroxylation is 1. The van der Waals surface area contributed by atoms with Crippen molar-refractivity contribution >= 4 is 17.5 Å². The maximum atomic E-state index is 13.5. The number of methoxy groups -OCH3 is 2. The molecule has 1 aliphatic heterocycles. The molecule has 1 amide bonds. The van der Waals surface area contributed by atoms with Crippen LogP contribution < -0.4 is 20.1 Å². The Balaban J connectivity index is 1.75. The predicted molar refractivity (Wildman–Crippen MR) is 114 cm³/mol. The molecular formula is C22H23N5O3. The number of nitrogens with one attached hydrogen (secondary N) is 2. The molecule has 2 N–H and O–H groups in total. The highest BCUT2D eigenvalue weighted by Crippen LogP contribution is 2.36. The third kappa shape index (κ3) is 3.47. The second kappa shape index (κ2) is 7.90. The summed E-state index contributed by atoms with van der Waals surface area (Å²) in [5.41, 5.74) is 3.85. The van der Waals surface area contributed by atoms with Crippen molar-refractivity contribution in [2.75, 3.05) is 24.9 Å². The van der Waals surface area contributed by atoms with Gasteiger partial charge in [-0.25, -0.2) is 4.68 Å². The van der Waals surface area contributed by atoms with Crippen LogP contribution in [0.15, 0.2) is 60.1 Å². The monoisotopic (exact) mass is 405 g/mol. The molecule has 8 heteroatoms. The molecule has 1 atom stereocenters. The van der Waals surface area contributed by atoms with Gasteiger partial charge in [-0.05, 0) is 31.5 Å². The number of carbonyl (C=O) groups excluding carboxylic acids is 1. The molecule has 0 aliphatic carbocycles. The van der Waals surface area contributed by atoms with Gasteiger partial charge in [0.1, 0.15) is 23.9 Å². The minimum absolute atomic E-state index is 0.265. The third-order valence-corrected chi connectivity index (χ3v) is 5.09. The van der Waals surface area contributed by atoms with Crippen LogP contribution in [0.5, 0.6) is 11.5 Å². The van der Waals surface area contributed by atoms with Gasteiger partial charge in [0.25, 0.3) is 5.91 Å². The lowest BCUT2D eigenvalue weighted by atomic mass is 9.94. The summed E-state index contributed by atoms with van der Waals surface area (Å²) in [6.07, 6.45) is 1.47. The molecule has 3 aromatic rings. The fraction of sp³-hybridized carbons (Fsp3) is 0.227. The van der Waals surface area contributed by atoms with E-state index < -0.39 is 6.04 Å². The van der Waals surface area contributed by atoms with Crippen molar-refractivity contribution in [3.05, 3.63) is 71.2 Å². The number of carbonyl (C=O) groups is 1. The summed E-state index contributed by atoms with van der Waals surface area (Å²) in [6.45, 7) is 3.88. The Morgan fingerprint density at radius 3 is 2.57 bits per heavy atom. The van der Waals surface area contributed by atoms with E-state index in [1.165, 1.54) is 6.33 Å². The smallest absolute Gasteiger partial charge is 0.255 e. The van der Waals surface area contributed by atoms with Crippen molar-refractivity contribution in [2.24, 2.45) is 0 Å². The first-order chi connectivity index (χ1) is 14.5. The number of hydrogen-bond donors (Lipinski definition) is 2. The van der Waals surface area contributed by atoms with Crippen LogP contribution in [0.25, 0.3) is 0 Å². The summed E-state index contributed by atoms with van der Waals surface area (Å²) >= 11 is 0. The van der Waals surface area contributed by atoms with E-state index in [0.29, 0.717) is 34.4 Å². The second-order valence-electron chi connectivity index (χ2n) is 7.03. The van der Waals surface area contributed by atoms with Crippen molar-refractivity contribution in [1.29, 1.82) is 0 Å². The van der Waals surface area contributed by atoms with Gasteiger partial charge in [0.05, 0.1) is 25.5 Å². The number of anilines is 2. The first-order valence-corrected chi connectivity index (χ1v) is 9.49. The number of rotatable bonds is 5. The molecule has 154 valence electrons. The van der Waals surface area contributed by atoms with E-state index in [-0.39, 0.29) is 5.91 Å². The minimum Gasteiger partial charge on any atom is -0.497 e. The normalized spacial score (nSPS) is 15.3. The lowest BCUT2D eigenvalue weighted by molar-refractivity contribution is -0.113. The number of allylic oxidation sites excluding steroid dienone is 1. The van der Waals surface area contributed by atoms with Crippen molar-refractivity contribution in [3.8, 4) is 11.5 Å². The Kier molecular flexibility index (Phi) is 5.14. The van der Waals surface area contributed by atoms with Crippen LogP contribution in [-0.4, -0.2) is 34.9 Å². The Hall–Kier alpha value is -3.81. The Morgan fingerprint density at radius 2 is 1.87 bits per heavy atom. The fourth-order valence-corrected chi connectivity index (χ4v) is 3.54. The highest BCUT2D eigenvalue weighted by molar-refractivity contribution is 6.06. The number of amides is 1. The summed E-state index contributed by atoms with van der Waals surface area (Å²) in [4.78, 5) is 17.7. The van der Waals surface area contributed by atoms with Crippen LogP contribution in [-0.2, 0) is 4.79 Å². The van der Waals surface area contributed by atoms with Gasteiger partial charge in [0, 0.05) is 11.8 Å². The largest absolute Gasteiger partial charge is 0.497 e. The second-order valence-corrected chi connectivity index (χ2v) is 7.03. The predicted octanol–water partition coefficient (Wildman–Crippen LogP) is 3.53. The van der Waals surface area contributed by atoms with Gasteiger partial charge >= 0.3 is 0 Å². The lowest BCUT2D eigenvalue weighted by Gasteiger charge is -2.29. The molecule has 0 radical (unpaired) electrons. The molecule has 1 aromatic heterocycles. The molecule has 2 heterocycles. The third-order valence-electron chi connectivity index (χ3n) is 5.09. The standard InChI is InChI=1S/C22H23N5O3/c1-13-5-7-15(8-6-13)20-19(14(2)25-22-23-12-24-27(20)22)21(28)26-17-11-16(29-3)9-10-18(17)30-4/h5-12,20H,1-4H3,(H,26,28)(H,23,24,25)/t20-/m0/s1. The van der Waals surface area contributed by atoms with Gasteiger partial charge in [-0.2, -0.15) is 10.1 Å². The number of ether oxygens (including phenoxy) is 2. The summed E-state index contributed by atoms with van der Waals surface area (Å²) in [7, 11) is 3.13. The van der Waals surface area contributed by atoms with E-state index >= 15 is 0 Å². The zero-order valence-electron chi connectivity index (χ0n) is 17.3. The van der Waals surface area contributed by atoms with E-state index in [1.807, 2.05) is 38.1 Å². The maximum Gasteiger partial charge on any atom is 0.255 e. The quantitative estimate of drug-likeness (QED) is 0.675. The average molecular weight is 405 g/mol. The van der Waals surface area contributed by atoms with Crippen LogP contribution in [0.4, 0.5) is 11.6 Å². The van der Waals surface area contributed by atoms with Gasteiger partial charge in [0.15, 0.2) is 0 Å². The van der Waals surface area contributed by atoms with Crippen LogP contribution in [0.3, 0.4) is 0 Å². The average Bonchev–Trinajstić information content (AvgIpc) is 3.21. The molecule has 30 heavy (non-hydrogen) atoms. The van der Waals surface area contributed by atoms with Crippen molar-refractivity contribution in [1.82, 2.24) is 14.8 Å². The summed E-state index contributed by atoms with van der Waals surface area (Å²) in [5.74, 6) is 1.48. The molecule has 0 fully saturated rings. The van der Waals surface area contributed by atoms with Crippen LogP contribution in [0, 0.1) is 6.92 Å². The molecule has 1 aliphatic rings. The SMILES string of the molecule is COc1ccc(OC)c(NC(=O)C2=C(C)Nc3ncnn3[C@H]2c2ccc(C)cc2)c1. The molecule has 0 spiro atoms. The number of benzene rings is 2. The molecule has 0 saturated carbocycles. The Labute approximate surface area is 174 Å². The van der Waals surface area contributed by atoms with Crippen LogP contribution in [0.1, 0.15) is 24.1 Å². The molecule has 4 rings (SSSR count). The Morgan fingerprint density at radius 1 is 1.10 bits per heavy atom. The highest BCUT2D eigenvalue weighted by atomic mass is 16.5. The van der Waals surface area contributed by atoms with Gasteiger partial charge < -0.3 is 20.1 Å². The topological polar surface area (TPSA) is 90.3 Å². The van der Waals surface area contributed by atoms with Crippen molar-refractivity contribution in [3.63, 3.8) is 0 Å². The van der Waals surface area contributed by atoms with Crippen LogP contribution in [0.2, 0.25) is 0 Å². The molecular weight excluding hydrogens is 382 g/mol. The Bertz CT molecular complexity index is 1120. The number of nitrogens with zero attached hydrogens (tertiary/aromatic N) is 3. The first kappa shape index (κ1) is 19.5. The number of aromatic nitrogens is 3. The molecule has 0 bridgehead atoms. The van der Waals surface area contributed by atoms with E-state index in [4.69, 9.17) is 9.47 Å². The zero-order valence-corrected chi connectivity index (χ0v) is 17.3. The van der Waals surface area contributed by atoms with E-state index in [9.17, 15) is 4.79 Å². The van der Waals surface area contributed by atoms with E-state index in [0.717, 1.165) is 11.1 Å². The van der Waals surface area contributed by atoms with Crippen LogP contribution >= 0.6 is 0 Å².